The number of nitrogens with one attached hydrogen (secondary N) is 3. The molecule has 0 saturated carbocycles. The molecule has 7 rings (SSSR count). The number of nitrogens with zero attached hydrogens (tertiary/aromatic N) is 4. The Kier molecular flexibility index (Phi) is 11.6. The van der Waals surface area contributed by atoms with Gasteiger partial charge in [0.25, 0.3) is 5.91 Å². The monoisotopic (exact) mass is 761 g/mol. The van der Waals surface area contributed by atoms with Gasteiger partial charge in [0.15, 0.2) is 0 Å². The third-order valence-corrected chi connectivity index (χ3v) is 10.2. The predicted molar refractivity (Wildman–Crippen MR) is 216 cm³/mol. The van der Waals surface area contributed by atoms with Gasteiger partial charge in [-0.3, -0.25) is 9.59 Å². The number of ether oxygens (including phenoxy) is 1. The molecule has 2 aromatic heterocycles. The van der Waals surface area contributed by atoms with E-state index in [-0.39, 0.29) is 29.8 Å². The zero-order chi connectivity index (χ0) is 39.9. The fourth-order valence-electron chi connectivity index (χ4n) is 7.34. The highest BCUT2D eigenvalue weighted by molar-refractivity contribution is 5.87. The molecule has 3 amide bonds. The highest BCUT2D eigenvalue weighted by atomic mass is 16.6. The van der Waals surface area contributed by atoms with Crippen LogP contribution in [0.5, 0.6) is 0 Å². The highest BCUT2D eigenvalue weighted by Gasteiger charge is 2.38. The maximum Gasteiger partial charge on any atom is 0.408 e. The van der Waals surface area contributed by atoms with Crippen LogP contribution in [0.2, 0.25) is 0 Å². The highest BCUT2D eigenvalue weighted by Crippen LogP contribution is 2.34. The number of alkyl carbamates (subject to hydrolysis) is 1. The van der Waals surface area contributed by atoms with Crippen LogP contribution in [0.15, 0.2) is 97.3 Å². The van der Waals surface area contributed by atoms with E-state index in [1.165, 1.54) is 0 Å². The van der Waals surface area contributed by atoms with E-state index in [1.807, 2.05) is 96.8 Å². The molecule has 3 N–H and O–H groups in total. The van der Waals surface area contributed by atoms with E-state index >= 15 is 0 Å². The molecule has 11 nitrogen and oxygen atoms in total. The smallest absolute Gasteiger partial charge is 0.408 e. The summed E-state index contributed by atoms with van der Waals surface area (Å²) in [6, 6.07) is 25.5. The topological polar surface area (TPSA) is 136 Å². The molecular formula is C46H47N7O4. The van der Waals surface area contributed by atoms with Crippen LogP contribution in [0.3, 0.4) is 0 Å². The van der Waals surface area contributed by atoms with Crippen LogP contribution in [0.1, 0.15) is 123 Å². The maximum absolute atomic E-state index is 14.0. The number of likely N-dealkylation sites (tertiary alicyclic amines) is 2. The molecule has 3 aromatic carbocycles. The fraction of sp³-hybridized carbons (Fsp3) is 0.326. The molecule has 5 aromatic rings. The first-order valence-electron chi connectivity index (χ1n) is 19.5. The summed E-state index contributed by atoms with van der Waals surface area (Å²) in [4.78, 5) is 59.8. The molecule has 290 valence electrons. The van der Waals surface area contributed by atoms with Gasteiger partial charge in [-0.05, 0) is 101 Å². The molecule has 2 fully saturated rings. The van der Waals surface area contributed by atoms with Gasteiger partial charge in [0.05, 0.1) is 30.4 Å². The van der Waals surface area contributed by atoms with Gasteiger partial charge in [0, 0.05) is 24.2 Å². The van der Waals surface area contributed by atoms with E-state index < -0.39 is 17.7 Å². The number of benzene rings is 3. The Morgan fingerprint density at radius 3 is 1.67 bits per heavy atom. The van der Waals surface area contributed by atoms with Crippen molar-refractivity contribution >= 4 is 17.9 Å². The zero-order valence-corrected chi connectivity index (χ0v) is 32.7. The quantitative estimate of drug-likeness (QED) is 0.149. The van der Waals surface area contributed by atoms with Crippen molar-refractivity contribution in [2.24, 2.45) is 0 Å². The summed E-state index contributed by atoms with van der Waals surface area (Å²) in [5.74, 6) is 13.8. The Morgan fingerprint density at radius 2 is 1.18 bits per heavy atom. The number of imidazole rings is 2. The normalized spacial score (nSPS) is 17.5. The average molecular weight is 762 g/mol. The lowest BCUT2D eigenvalue weighted by Crippen LogP contribution is -2.44. The van der Waals surface area contributed by atoms with Crippen LogP contribution in [0.4, 0.5) is 4.79 Å². The summed E-state index contributed by atoms with van der Waals surface area (Å²) in [7, 11) is 0. The number of hydrogen-bond donors (Lipinski definition) is 3. The number of carbonyl (C=O) groups is 3. The van der Waals surface area contributed by atoms with E-state index in [1.54, 1.807) is 38.1 Å². The molecule has 0 spiro atoms. The number of H-pyrrole nitrogens is 2. The second-order valence-electron chi connectivity index (χ2n) is 15.4. The lowest BCUT2D eigenvalue weighted by Gasteiger charge is -2.29. The molecule has 0 radical (unpaired) electrons. The lowest BCUT2D eigenvalue weighted by molar-refractivity contribution is -0.135. The molecule has 57 heavy (non-hydrogen) atoms. The number of amides is 3. The Balaban J connectivity index is 0.975. The van der Waals surface area contributed by atoms with Crippen LogP contribution >= 0.6 is 0 Å². The Bertz CT molecular complexity index is 2320. The van der Waals surface area contributed by atoms with E-state index in [2.05, 4.69) is 48.9 Å². The van der Waals surface area contributed by atoms with Crippen LogP contribution in [0.25, 0.3) is 0 Å². The number of aromatic amines is 2. The average Bonchev–Trinajstić information content (AvgIpc) is 4.05. The van der Waals surface area contributed by atoms with Crippen molar-refractivity contribution in [3.63, 3.8) is 0 Å². The third-order valence-electron chi connectivity index (χ3n) is 10.2. The minimum absolute atomic E-state index is 0.0947. The number of rotatable bonds is 7. The van der Waals surface area contributed by atoms with E-state index in [0.717, 1.165) is 48.2 Å². The second-order valence-corrected chi connectivity index (χ2v) is 15.4. The Morgan fingerprint density at radius 1 is 0.702 bits per heavy atom. The zero-order valence-electron chi connectivity index (χ0n) is 32.7. The molecule has 2 aliphatic rings. The van der Waals surface area contributed by atoms with Crippen LogP contribution in [-0.2, 0) is 14.3 Å². The van der Waals surface area contributed by atoms with Crippen molar-refractivity contribution in [3.8, 4) is 23.7 Å². The van der Waals surface area contributed by atoms with Gasteiger partial charge in [-0.15, -0.1) is 0 Å². The molecule has 0 bridgehead atoms. The van der Waals surface area contributed by atoms with Crippen LogP contribution in [0, 0.1) is 23.7 Å². The number of hydrogen-bond acceptors (Lipinski definition) is 6. The van der Waals surface area contributed by atoms with Crippen molar-refractivity contribution in [2.75, 3.05) is 13.1 Å². The van der Waals surface area contributed by atoms with Crippen molar-refractivity contribution in [1.29, 1.82) is 0 Å². The van der Waals surface area contributed by atoms with E-state index in [9.17, 15) is 14.4 Å². The van der Waals surface area contributed by atoms with Crippen molar-refractivity contribution in [1.82, 2.24) is 35.1 Å². The summed E-state index contributed by atoms with van der Waals surface area (Å²) < 4.78 is 5.48. The molecule has 2 saturated heterocycles. The maximum atomic E-state index is 14.0. The summed E-state index contributed by atoms with van der Waals surface area (Å²) >= 11 is 0. The first kappa shape index (κ1) is 38.7. The molecule has 11 heteroatoms. The molecule has 0 unspecified atom stereocenters. The first-order chi connectivity index (χ1) is 27.5. The minimum Gasteiger partial charge on any atom is -0.444 e. The van der Waals surface area contributed by atoms with Gasteiger partial charge in [-0.25, -0.2) is 14.8 Å². The van der Waals surface area contributed by atoms with Gasteiger partial charge in [0.1, 0.15) is 34.7 Å². The predicted octanol–water partition coefficient (Wildman–Crippen LogP) is 7.33. The Hall–Kier alpha value is -6.59. The second kappa shape index (κ2) is 17.1. The summed E-state index contributed by atoms with van der Waals surface area (Å²) in [6.07, 6.45) is 6.08. The van der Waals surface area contributed by atoms with Crippen molar-refractivity contribution < 1.29 is 19.1 Å². The largest absolute Gasteiger partial charge is 0.444 e. The van der Waals surface area contributed by atoms with E-state index in [0.29, 0.717) is 35.9 Å². The van der Waals surface area contributed by atoms with Gasteiger partial charge in [-0.2, -0.15) is 0 Å². The first-order valence-corrected chi connectivity index (χ1v) is 19.5. The number of aromatic nitrogens is 4. The van der Waals surface area contributed by atoms with Gasteiger partial charge in [0.2, 0.25) is 5.91 Å². The van der Waals surface area contributed by atoms with Crippen molar-refractivity contribution in [2.45, 2.75) is 83.0 Å². The SMILES string of the molecule is C[C@@H](C(=O)N1CCC[C@H]1c1ncc(C#Cc2ccc(C#Cc3cnc([C@@H]4CCCN4C(=O)[C@H](NC(=O)OC(C)(C)C)c4ccccc4)[nH]3)cc2)[nH]1)c1ccccc1. The van der Waals surface area contributed by atoms with Gasteiger partial charge in [-0.1, -0.05) is 72.5 Å². The molecule has 4 atom stereocenters. The standard InChI is InChI=1S/C46H47N7O4/c1-31(34-13-7-5-8-14-34)43(54)52-27-11-17-38(52)41-47-29-36(49-41)25-23-32-19-21-33(22-20-32)24-26-37-30-48-42(50-37)39-18-12-28-53(39)44(55)40(35-15-9-6-10-16-35)51-45(56)57-46(2,3)4/h5-10,13-16,19-22,29-31,38-40H,11-12,17-18,27-28H2,1-4H3,(H,47,49)(H,48,50)(H,51,56)/t31-,38+,39+,40-/m1/s1. The third kappa shape index (κ3) is 9.45. The fourth-order valence-corrected chi connectivity index (χ4v) is 7.34. The molecule has 0 aliphatic carbocycles. The summed E-state index contributed by atoms with van der Waals surface area (Å²) in [5, 5.41) is 2.80. The summed E-state index contributed by atoms with van der Waals surface area (Å²) in [5.41, 5.74) is 3.95. The molecular weight excluding hydrogens is 715 g/mol. The van der Waals surface area contributed by atoms with Crippen LogP contribution in [-0.4, -0.2) is 66.3 Å². The minimum atomic E-state index is -0.908. The van der Waals surface area contributed by atoms with Crippen molar-refractivity contribution in [3.05, 3.63) is 143 Å². The van der Waals surface area contributed by atoms with Gasteiger partial charge >= 0.3 is 6.09 Å². The molecule has 4 heterocycles. The van der Waals surface area contributed by atoms with E-state index in [4.69, 9.17) is 4.74 Å². The lowest BCUT2D eigenvalue weighted by atomic mass is 9.99. The molecule has 2 aliphatic heterocycles. The number of carbonyl (C=O) groups excluding carboxylic acids is 3. The van der Waals surface area contributed by atoms with Crippen LogP contribution < -0.4 is 5.32 Å². The summed E-state index contributed by atoms with van der Waals surface area (Å²) in [6.45, 7) is 8.57. The Labute approximate surface area is 333 Å². The van der Waals surface area contributed by atoms with Gasteiger partial charge < -0.3 is 29.8 Å².